The number of Topliss-reactive ketones (excluding diaryl/α,β-unsaturated/α-hetero) is 1. The minimum absolute atomic E-state index is 0.103. The molecule has 0 spiro atoms. The first-order valence-corrected chi connectivity index (χ1v) is 15.6. The lowest BCUT2D eigenvalue weighted by Crippen LogP contribution is -2.46. The van der Waals surface area contributed by atoms with Crippen molar-refractivity contribution >= 4 is 29.1 Å². The maximum atomic E-state index is 14.7. The Hall–Kier alpha value is -2.52. The van der Waals surface area contributed by atoms with Gasteiger partial charge in [-0.25, -0.2) is 9.37 Å². The highest BCUT2D eigenvalue weighted by Gasteiger charge is 2.56. The number of aliphatic hydroxyl groups is 2. The third-order valence-corrected chi connectivity index (χ3v) is 10.7. The molecule has 1 saturated carbocycles. The lowest BCUT2D eigenvalue weighted by Gasteiger charge is -2.44. The number of hydrogen-bond donors (Lipinski definition) is 3. The molecule has 1 heterocycles. The summed E-state index contributed by atoms with van der Waals surface area (Å²) >= 11 is 7.76. The van der Waals surface area contributed by atoms with Crippen molar-refractivity contribution in [2.24, 2.45) is 5.41 Å². The molecule has 3 N–H and O–H groups in total. The van der Waals surface area contributed by atoms with Crippen LogP contribution >= 0.6 is 23.4 Å². The molecule has 2 aromatic carbocycles. The number of thioether (sulfide) groups is 1. The second-order valence-corrected chi connectivity index (χ2v) is 13.2. The molecule has 218 valence electrons. The highest BCUT2D eigenvalue weighted by molar-refractivity contribution is 7.99. The summed E-state index contributed by atoms with van der Waals surface area (Å²) in [5.74, 6) is -0.391. The number of carbonyl (C=O) groups is 1. The van der Waals surface area contributed by atoms with Crippen LogP contribution in [0.3, 0.4) is 0 Å². The van der Waals surface area contributed by atoms with Crippen LogP contribution in [-0.2, 0) is 12.8 Å². The minimum Gasteiger partial charge on any atom is -0.393 e. The molecule has 0 unspecified atom stereocenters. The maximum absolute atomic E-state index is 14.7. The van der Waals surface area contributed by atoms with Crippen LogP contribution in [0.25, 0.3) is 0 Å². The Morgan fingerprint density at radius 1 is 1.24 bits per heavy atom. The van der Waals surface area contributed by atoms with Gasteiger partial charge in [0.15, 0.2) is 10.9 Å². The van der Waals surface area contributed by atoms with Gasteiger partial charge >= 0.3 is 0 Å². The number of H-pyrrole nitrogens is 1. The van der Waals surface area contributed by atoms with Crippen molar-refractivity contribution in [1.29, 1.82) is 0 Å². The highest BCUT2D eigenvalue weighted by atomic mass is 35.5. The fraction of sp³-hybridized carbons (Fsp3) is 0.469. The second kappa shape index (κ2) is 12.4. The predicted molar refractivity (Wildman–Crippen MR) is 160 cm³/mol. The van der Waals surface area contributed by atoms with Gasteiger partial charge in [-0.15, -0.1) is 0 Å². The Morgan fingerprint density at radius 2 is 2.07 bits per heavy atom. The van der Waals surface area contributed by atoms with Crippen LogP contribution in [0, 0.1) is 11.2 Å². The molecule has 3 aromatic rings. The SMILES string of the molecule is CC1=CCC[C@@]2(C)[C@@H](CC[C@@]2(O)CSc2ncn[nH]2)c2ccc(cc2C(=O)Cc2c(F)cccc2Cl)C[C@@H](O)CC1. The Balaban J connectivity index is 1.57. The number of ketones is 1. The largest absolute Gasteiger partial charge is 0.393 e. The van der Waals surface area contributed by atoms with E-state index >= 15 is 0 Å². The number of carbonyl (C=O) groups excluding carboxylic acids is 1. The van der Waals surface area contributed by atoms with Crippen LogP contribution in [0.15, 0.2) is 59.5 Å². The van der Waals surface area contributed by atoms with E-state index in [1.54, 1.807) is 6.07 Å². The Bertz CT molecular complexity index is 1410. The van der Waals surface area contributed by atoms with E-state index in [2.05, 4.69) is 35.1 Å². The van der Waals surface area contributed by atoms with E-state index in [1.165, 1.54) is 35.8 Å². The van der Waals surface area contributed by atoms with E-state index in [1.807, 2.05) is 18.2 Å². The van der Waals surface area contributed by atoms with Gasteiger partial charge in [-0.2, -0.15) is 5.10 Å². The third kappa shape index (κ3) is 6.31. The van der Waals surface area contributed by atoms with Crippen LogP contribution in [0.4, 0.5) is 4.39 Å². The van der Waals surface area contributed by atoms with Gasteiger partial charge in [-0.05, 0) is 87.1 Å². The fourth-order valence-corrected chi connectivity index (χ4v) is 7.95. The van der Waals surface area contributed by atoms with Crippen molar-refractivity contribution in [2.75, 3.05) is 5.75 Å². The molecule has 1 fully saturated rings. The number of allylic oxidation sites excluding steroid dienone is 2. The summed E-state index contributed by atoms with van der Waals surface area (Å²) in [4.78, 5) is 18.2. The van der Waals surface area contributed by atoms with Crippen molar-refractivity contribution in [3.05, 3.63) is 87.5 Å². The lowest BCUT2D eigenvalue weighted by atomic mass is 9.65. The first-order valence-electron chi connectivity index (χ1n) is 14.2. The maximum Gasteiger partial charge on any atom is 0.183 e. The minimum atomic E-state index is -1.02. The molecule has 6 nitrogen and oxygen atoms in total. The molecule has 3 aliphatic carbocycles. The number of benzene rings is 2. The van der Waals surface area contributed by atoms with Gasteiger partial charge in [-0.1, -0.05) is 60.1 Å². The van der Waals surface area contributed by atoms with Crippen LogP contribution < -0.4 is 0 Å². The summed E-state index contributed by atoms with van der Waals surface area (Å²) < 4.78 is 14.7. The molecule has 4 atom stereocenters. The molecule has 0 radical (unpaired) electrons. The first kappa shape index (κ1) is 30.0. The van der Waals surface area contributed by atoms with Crippen molar-refractivity contribution in [3.8, 4) is 0 Å². The van der Waals surface area contributed by atoms with Crippen LogP contribution in [0.1, 0.15) is 85.3 Å². The molecule has 0 saturated heterocycles. The number of hydrogen-bond acceptors (Lipinski definition) is 6. The van der Waals surface area contributed by atoms with Crippen LogP contribution in [-0.4, -0.2) is 48.6 Å². The zero-order valence-electron chi connectivity index (χ0n) is 23.5. The van der Waals surface area contributed by atoms with Crippen molar-refractivity contribution in [2.45, 2.75) is 88.0 Å². The summed E-state index contributed by atoms with van der Waals surface area (Å²) in [6.45, 7) is 4.23. The van der Waals surface area contributed by atoms with Gasteiger partial charge in [0.2, 0.25) is 0 Å². The summed E-state index contributed by atoms with van der Waals surface area (Å²) in [5, 5.41) is 30.7. The molecular formula is C32H37ClFN3O3S. The molecule has 0 amide bonds. The number of aromatic amines is 1. The average molecular weight is 598 g/mol. The molecular weight excluding hydrogens is 561 g/mol. The van der Waals surface area contributed by atoms with Gasteiger partial charge in [0, 0.05) is 33.7 Å². The molecule has 3 aliphatic rings. The van der Waals surface area contributed by atoms with Gasteiger partial charge in [-0.3, -0.25) is 9.89 Å². The third-order valence-electron chi connectivity index (χ3n) is 9.21. The quantitative estimate of drug-likeness (QED) is 0.163. The number of aromatic nitrogens is 3. The molecule has 41 heavy (non-hydrogen) atoms. The van der Waals surface area contributed by atoms with Crippen molar-refractivity contribution in [3.63, 3.8) is 0 Å². The fourth-order valence-electron chi connectivity index (χ4n) is 6.63. The van der Waals surface area contributed by atoms with E-state index in [4.69, 9.17) is 11.6 Å². The first-order chi connectivity index (χ1) is 19.6. The van der Waals surface area contributed by atoms with Gasteiger partial charge < -0.3 is 10.2 Å². The number of fused-ring (bicyclic) bond motifs is 8. The average Bonchev–Trinajstić information content (AvgIpc) is 3.55. The van der Waals surface area contributed by atoms with Crippen LogP contribution in [0.5, 0.6) is 0 Å². The number of aliphatic hydroxyl groups excluding tert-OH is 1. The summed E-state index contributed by atoms with van der Waals surface area (Å²) in [6, 6.07) is 10.3. The topological polar surface area (TPSA) is 99.1 Å². The number of halogens is 2. The number of nitrogens with zero attached hydrogens (tertiary/aromatic N) is 2. The van der Waals surface area contributed by atoms with Crippen molar-refractivity contribution in [1.82, 2.24) is 15.2 Å². The molecule has 2 bridgehead atoms. The van der Waals surface area contributed by atoms with E-state index in [0.29, 0.717) is 42.2 Å². The van der Waals surface area contributed by atoms with E-state index in [-0.39, 0.29) is 28.7 Å². The number of rotatable bonds is 6. The standard InChI is InChI=1S/C32H37ClFN3O3S/c1-20-5-4-13-31(2)26(12-14-32(31,40)18-41-30-35-19-36-37-30)23-11-9-21(15-22(38)10-8-20)16-24(23)29(39)17-25-27(33)6-3-7-28(25)34/h3,5-7,9,11,16,19,22,26,38,40H,4,8,10,12-15,17-18H2,1-2H3,(H,35,36,37)/t22-,26-,31-,32+/m0/s1. The normalized spacial score (nSPS) is 26.8. The molecule has 9 heteroatoms. The molecule has 6 rings (SSSR count). The highest BCUT2D eigenvalue weighted by Crippen LogP contribution is 2.59. The summed E-state index contributed by atoms with van der Waals surface area (Å²) in [6.07, 6.45) is 7.58. The lowest BCUT2D eigenvalue weighted by molar-refractivity contribution is -0.0422. The van der Waals surface area contributed by atoms with Gasteiger partial charge in [0.25, 0.3) is 0 Å². The molecule has 1 aromatic heterocycles. The van der Waals surface area contributed by atoms with E-state index < -0.39 is 22.9 Å². The van der Waals surface area contributed by atoms with Gasteiger partial charge in [0.05, 0.1) is 11.7 Å². The van der Waals surface area contributed by atoms with Gasteiger partial charge in [0.1, 0.15) is 12.1 Å². The van der Waals surface area contributed by atoms with Crippen molar-refractivity contribution < 1.29 is 19.4 Å². The zero-order chi connectivity index (χ0) is 29.2. The van der Waals surface area contributed by atoms with E-state index in [9.17, 15) is 19.4 Å². The Kier molecular flexibility index (Phi) is 9.04. The summed E-state index contributed by atoms with van der Waals surface area (Å²) in [5.41, 5.74) is 2.08. The second-order valence-electron chi connectivity index (χ2n) is 11.8. The zero-order valence-corrected chi connectivity index (χ0v) is 25.1. The smallest absolute Gasteiger partial charge is 0.183 e. The molecule has 0 aliphatic heterocycles. The Labute approximate surface area is 249 Å². The Morgan fingerprint density at radius 3 is 2.83 bits per heavy atom. The van der Waals surface area contributed by atoms with Crippen LogP contribution in [0.2, 0.25) is 5.02 Å². The van der Waals surface area contributed by atoms with E-state index in [0.717, 1.165) is 30.4 Å². The number of nitrogens with one attached hydrogen (secondary N) is 1. The predicted octanol–water partition coefficient (Wildman–Crippen LogP) is 6.85. The monoisotopic (exact) mass is 597 g/mol. The summed E-state index contributed by atoms with van der Waals surface area (Å²) in [7, 11) is 0.